The third-order valence-corrected chi connectivity index (χ3v) is 4.69. The predicted octanol–water partition coefficient (Wildman–Crippen LogP) is 3.39. The number of esters is 1. The Bertz CT molecular complexity index is 912. The summed E-state index contributed by atoms with van der Waals surface area (Å²) in [7, 11) is 1.35. The van der Waals surface area contributed by atoms with Crippen molar-refractivity contribution >= 4 is 5.97 Å². The van der Waals surface area contributed by atoms with Crippen LogP contribution in [0, 0.1) is 13.8 Å². The average molecular weight is 393 g/mol. The van der Waals surface area contributed by atoms with Gasteiger partial charge in [-0.05, 0) is 41.7 Å². The van der Waals surface area contributed by atoms with Gasteiger partial charge in [-0.3, -0.25) is 0 Å². The molecular weight excluding hydrogens is 366 g/mol. The maximum atomic E-state index is 11.3. The highest BCUT2D eigenvalue weighted by Crippen LogP contribution is 2.25. The van der Waals surface area contributed by atoms with E-state index in [-0.39, 0.29) is 12.6 Å². The van der Waals surface area contributed by atoms with E-state index in [1.807, 2.05) is 26.4 Å². The highest BCUT2D eigenvalue weighted by molar-refractivity contribution is 5.71. The standard InChI is InChI=1S/C23H27N3O3/c1-17-10-21(11-18(2)23(17)29-15-22(27)28-3)13-25-12-19-4-6-20(7-5-19)14-26-9-8-24-16-26/h4-11,16,25H,12-15H2,1-3H3. The number of aromatic nitrogens is 2. The number of benzene rings is 2. The molecule has 0 fully saturated rings. The second-order valence-corrected chi connectivity index (χ2v) is 7.08. The normalized spacial score (nSPS) is 10.7. The summed E-state index contributed by atoms with van der Waals surface area (Å²) in [5.74, 6) is 0.359. The van der Waals surface area contributed by atoms with Crippen LogP contribution in [-0.2, 0) is 29.2 Å². The maximum absolute atomic E-state index is 11.3. The molecule has 0 aliphatic rings. The van der Waals surface area contributed by atoms with Crippen molar-refractivity contribution in [3.05, 3.63) is 82.9 Å². The fourth-order valence-corrected chi connectivity index (χ4v) is 3.26. The second-order valence-electron chi connectivity index (χ2n) is 7.08. The van der Waals surface area contributed by atoms with Gasteiger partial charge < -0.3 is 19.4 Å². The molecule has 3 rings (SSSR count). The molecule has 0 bridgehead atoms. The lowest BCUT2D eigenvalue weighted by Crippen LogP contribution is -2.15. The van der Waals surface area contributed by atoms with E-state index in [4.69, 9.17) is 4.74 Å². The van der Waals surface area contributed by atoms with E-state index in [0.717, 1.165) is 36.5 Å². The highest BCUT2D eigenvalue weighted by Gasteiger charge is 2.09. The van der Waals surface area contributed by atoms with E-state index >= 15 is 0 Å². The largest absolute Gasteiger partial charge is 0.481 e. The summed E-state index contributed by atoms with van der Waals surface area (Å²) in [6.07, 6.45) is 5.58. The molecule has 6 heteroatoms. The maximum Gasteiger partial charge on any atom is 0.343 e. The fourth-order valence-electron chi connectivity index (χ4n) is 3.26. The van der Waals surface area contributed by atoms with Crippen molar-refractivity contribution in [3.63, 3.8) is 0 Å². The molecule has 2 aromatic carbocycles. The fraction of sp³-hybridized carbons (Fsp3) is 0.304. The number of nitrogens with zero attached hydrogens (tertiary/aromatic N) is 2. The van der Waals surface area contributed by atoms with Gasteiger partial charge in [0.05, 0.1) is 13.4 Å². The summed E-state index contributed by atoms with van der Waals surface area (Å²) in [5, 5.41) is 3.49. The van der Waals surface area contributed by atoms with Gasteiger partial charge in [0, 0.05) is 32.0 Å². The molecule has 0 amide bonds. The lowest BCUT2D eigenvalue weighted by atomic mass is 10.1. The summed E-state index contributed by atoms with van der Waals surface area (Å²) in [6, 6.07) is 12.8. The van der Waals surface area contributed by atoms with Crippen LogP contribution < -0.4 is 10.1 Å². The molecule has 0 atom stereocenters. The first kappa shape index (κ1) is 20.6. The van der Waals surface area contributed by atoms with Gasteiger partial charge in [0.1, 0.15) is 5.75 Å². The van der Waals surface area contributed by atoms with Crippen molar-refractivity contribution in [2.75, 3.05) is 13.7 Å². The Morgan fingerprint density at radius 3 is 2.31 bits per heavy atom. The van der Waals surface area contributed by atoms with Crippen LogP contribution in [0.3, 0.4) is 0 Å². The zero-order chi connectivity index (χ0) is 20.6. The number of hydrogen-bond acceptors (Lipinski definition) is 5. The third kappa shape index (κ3) is 5.93. The molecule has 1 heterocycles. The summed E-state index contributed by atoms with van der Waals surface area (Å²) < 4.78 is 12.3. The van der Waals surface area contributed by atoms with Gasteiger partial charge in [-0.15, -0.1) is 0 Å². The molecule has 0 aliphatic heterocycles. The SMILES string of the molecule is COC(=O)COc1c(C)cc(CNCc2ccc(Cn3ccnc3)cc2)cc1C. The zero-order valence-corrected chi connectivity index (χ0v) is 17.1. The van der Waals surface area contributed by atoms with Crippen LogP contribution >= 0.6 is 0 Å². The smallest absolute Gasteiger partial charge is 0.343 e. The highest BCUT2D eigenvalue weighted by atomic mass is 16.6. The Hall–Kier alpha value is -3.12. The number of carbonyl (C=O) groups is 1. The first-order valence-electron chi connectivity index (χ1n) is 9.59. The molecule has 0 spiro atoms. The molecular formula is C23H27N3O3. The number of carbonyl (C=O) groups excluding carboxylic acids is 1. The number of nitrogens with one attached hydrogen (secondary N) is 1. The van der Waals surface area contributed by atoms with E-state index < -0.39 is 0 Å². The van der Waals surface area contributed by atoms with Crippen LogP contribution in [0.2, 0.25) is 0 Å². The average Bonchev–Trinajstić information content (AvgIpc) is 3.21. The first-order valence-corrected chi connectivity index (χ1v) is 9.59. The summed E-state index contributed by atoms with van der Waals surface area (Å²) >= 11 is 0. The van der Waals surface area contributed by atoms with Crippen LogP contribution in [0.25, 0.3) is 0 Å². The lowest BCUT2D eigenvalue weighted by Gasteiger charge is -2.14. The molecule has 1 N–H and O–H groups in total. The van der Waals surface area contributed by atoms with Crippen molar-refractivity contribution in [1.82, 2.24) is 14.9 Å². The first-order chi connectivity index (χ1) is 14.0. The monoisotopic (exact) mass is 393 g/mol. The summed E-state index contributed by atoms with van der Waals surface area (Å²) in [5.41, 5.74) is 5.69. The number of hydrogen-bond donors (Lipinski definition) is 1. The predicted molar refractivity (Wildman–Crippen MR) is 112 cm³/mol. The number of aryl methyl sites for hydroxylation is 2. The van der Waals surface area contributed by atoms with Gasteiger partial charge in [-0.1, -0.05) is 36.4 Å². The molecule has 6 nitrogen and oxygen atoms in total. The molecule has 152 valence electrons. The lowest BCUT2D eigenvalue weighted by molar-refractivity contribution is -0.142. The van der Waals surface area contributed by atoms with Gasteiger partial charge in [0.25, 0.3) is 0 Å². The van der Waals surface area contributed by atoms with Crippen LogP contribution in [0.5, 0.6) is 5.75 Å². The summed E-state index contributed by atoms with van der Waals surface area (Å²) in [6.45, 7) is 6.29. The van der Waals surface area contributed by atoms with Crippen LogP contribution in [0.15, 0.2) is 55.1 Å². The number of rotatable bonds is 9. The third-order valence-electron chi connectivity index (χ3n) is 4.69. The molecule has 0 unspecified atom stereocenters. The quantitative estimate of drug-likeness (QED) is 0.565. The number of methoxy groups -OCH3 is 1. The summed E-state index contributed by atoms with van der Waals surface area (Å²) in [4.78, 5) is 15.4. The van der Waals surface area contributed by atoms with Gasteiger partial charge >= 0.3 is 5.97 Å². The number of imidazole rings is 1. The molecule has 0 saturated carbocycles. The van der Waals surface area contributed by atoms with Crippen LogP contribution in [-0.4, -0.2) is 29.2 Å². The molecule has 3 aromatic rings. The minimum atomic E-state index is -0.384. The van der Waals surface area contributed by atoms with Gasteiger partial charge in [0.15, 0.2) is 6.61 Å². The molecule has 29 heavy (non-hydrogen) atoms. The van der Waals surface area contributed by atoms with E-state index in [9.17, 15) is 4.79 Å². The molecule has 0 saturated heterocycles. The Labute approximate surface area is 171 Å². The van der Waals surface area contributed by atoms with E-state index in [1.165, 1.54) is 23.8 Å². The van der Waals surface area contributed by atoms with E-state index in [2.05, 4.69) is 56.0 Å². The van der Waals surface area contributed by atoms with E-state index in [1.54, 1.807) is 6.20 Å². The van der Waals surface area contributed by atoms with Gasteiger partial charge in [-0.2, -0.15) is 0 Å². The van der Waals surface area contributed by atoms with Crippen LogP contribution in [0.4, 0.5) is 0 Å². The number of ether oxygens (including phenoxy) is 2. The Kier molecular flexibility index (Phi) is 7.03. The Morgan fingerprint density at radius 2 is 1.69 bits per heavy atom. The topological polar surface area (TPSA) is 65.4 Å². The van der Waals surface area contributed by atoms with Crippen molar-refractivity contribution < 1.29 is 14.3 Å². The second kappa shape index (κ2) is 9.89. The van der Waals surface area contributed by atoms with Gasteiger partial charge in [0.2, 0.25) is 0 Å². The van der Waals surface area contributed by atoms with Gasteiger partial charge in [-0.25, -0.2) is 9.78 Å². The van der Waals surface area contributed by atoms with Crippen molar-refractivity contribution in [2.24, 2.45) is 0 Å². The molecule has 0 aliphatic carbocycles. The van der Waals surface area contributed by atoms with Crippen LogP contribution in [0.1, 0.15) is 27.8 Å². The van der Waals surface area contributed by atoms with E-state index in [0.29, 0.717) is 0 Å². The van der Waals surface area contributed by atoms with Crippen molar-refractivity contribution in [3.8, 4) is 5.75 Å². The van der Waals surface area contributed by atoms with Crippen molar-refractivity contribution in [1.29, 1.82) is 0 Å². The Balaban J connectivity index is 1.51. The zero-order valence-electron chi connectivity index (χ0n) is 17.1. The molecule has 0 radical (unpaired) electrons. The van der Waals surface area contributed by atoms with Crippen molar-refractivity contribution in [2.45, 2.75) is 33.5 Å². The Morgan fingerprint density at radius 1 is 1.03 bits per heavy atom. The minimum Gasteiger partial charge on any atom is -0.481 e. The molecule has 1 aromatic heterocycles. The minimum absolute atomic E-state index is 0.0768.